The average Bonchev–Trinajstić information content (AvgIpc) is 0.806. The molecule has 0 unspecified atom stereocenters. The Kier molecular flexibility index (Phi) is 38.2. The molecule has 544 valence electrons. The van der Waals surface area contributed by atoms with E-state index in [1.807, 2.05) is 0 Å². The minimum absolute atomic E-state index is 0.125. The van der Waals surface area contributed by atoms with Crippen LogP contribution in [-0.2, 0) is 33.7 Å². The first-order chi connectivity index (χ1) is 44.2. The summed E-state index contributed by atoms with van der Waals surface area (Å²) in [7, 11) is -8.45. The number of aryl methyl sites for hydroxylation is 2. The molecule has 3 rings (SSSR count). The van der Waals surface area contributed by atoms with Crippen LogP contribution in [0.3, 0.4) is 0 Å². The van der Waals surface area contributed by atoms with Crippen LogP contribution in [0, 0.1) is 13.8 Å². The first-order valence-corrected chi connectivity index (χ1v) is 47.1. The van der Waals surface area contributed by atoms with Gasteiger partial charge in [-0.1, -0.05) is 243 Å². The quantitative estimate of drug-likeness (QED) is 0.0420. The minimum Gasteiger partial charge on any atom is -0.493 e. The van der Waals surface area contributed by atoms with Crippen molar-refractivity contribution in [1.29, 1.82) is 0 Å². The number of unbranched alkanes of at least 4 members (excludes halogenated alkanes) is 14. The van der Waals surface area contributed by atoms with Crippen molar-refractivity contribution in [3.8, 4) is 23.0 Å². The van der Waals surface area contributed by atoms with Gasteiger partial charge in [0.05, 0.1) is 51.7 Å². The third-order valence-electron chi connectivity index (χ3n) is 22.2. The van der Waals surface area contributed by atoms with E-state index >= 15 is 0 Å². The monoisotopic (exact) mass is 1380 g/mol. The number of rotatable bonds is 50. The molecule has 0 saturated heterocycles. The third kappa shape index (κ3) is 24.4. The molecule has 2 N–H and O–H groups in total. The molecular weight excluding hydrogens is 1230 g/mol. The molecule has 2 aromatic rings. The molecule has 1 aliphatic rings. The molecule has 15 heteroatoms. The van der Waals surface area contributed by atoms with Gasteiger partial charge in [-0.15, -0.1) is 0 Å². The summed E-state index contributed by atoms with van der Waals surface area (Å²) in [5.74, 6) is 3.75. The van der Waals surface area contributed by atoms with E-state index in [4.69, 9.17) is 31.9 Å². The SMILES string of the molecule is Cc1cc(OCCCCCCCCCCC(=O)NC(CO[Si](C(C)C)(C(C)C)C(C)C)CO[Si](C(C)C)(C(C)C)C(C)C)cc2c1Cc1c(C)cc(OCCCCCCCCCCC(=O)NC(CO[Si](C(C)C)(C(C)C)C(C)C)CO[Si](C(C)C)(C(C)C)C(C)C)cc1O2. The Morgan fingerprint density at radius 1 is 0.351 bits per heavy atom. The van der Waals surface area contributed by atoms with Crippen molar-refractivity contribution < 1.29 is 41.5 Å². The normalized spacial score (nSPS) is 13.5. The molecule has 0 bridgehead atoms. The largest absolute Gasteiger partial charge is 0.493 e. The zero-order valence-electron chi connectivity index (χ0n) is 65.7. The van der Waals surface area contributed by atoms with Crippen molar-refractivity contribution in [1.82, 2.24) is 10.6 Å². The minimum atomic E-state index is -2.11. The molecule has 0 aliphatic carbocycles. The van der Waals surface area contributed by atoms with Gasteiger partial charge in [-0.3, -0.25) is 9.59 Å². The lowest BCUT2D eigenvalue weighted by Crippen LogP contribution is -2.54. The zero-order valence-corrected chi connectivity index (χ0v) is 69.7. The Bertz CT molecular complexity index is 2150. The van der Waals surface area contributed by atoms with Gasteiger partial charge >= 0.3 is 0 Å². The predicted molar refractivity (Wildman–Crippen MR) is 411 cm³/mol. The Morgan fingerprint density at radius 2 is 0.574 bits per heavy atom. The van der Waals surface area contributed by atoms with Crippen LogP contribution in [0.15, 0.2) is 24.3 Å². The van der Waals surface area contributed by atoms with Gasteiger partial charge in [-0.25, -0.2) is 0 Å². The highest BCUT2D eigenvalue weighted by Gasteiger charge is 2.49. The number of carbonyl (C=O) groups excluding carboxylic acids is 2. The van der Waals surface area contributed by atoms with Gasteiger partial charge in [-0.2, -0.15) is 0 Å². The summed E-state index contributed by atoms with van der Waals surface area (Å²) >= 11 is 0. The van der Waals surface area contributed by atoms with Gasteiger partial charge in [0.2, 0.25) is 11.8 Å². The van der Waals surface area contributed by atoms with Crippen molar-refractivity contribution in [2.45, 2.75) is 381 Å². The third-order valence-corrected chi connectivity index (χ3v) is 46.5. The van der Waals surface area contributed by atoms with E-state index in [9.17, 15) is 9.59 Å². The fourth-order valence-electron chi connectivity index (χ4n) is 17.7. The van der Waals surface area contributed by atoms with Crippen LogP contribution in [0.1, 0.15) is 304 Å². The molecule has 0 saturated carbocycles. The summed E-state index contributed by atoms with van der Waals surface area (Å²) in [6, 6.07) is 8.18. The van der Waals surface area contributed by atoms with E-state index in [2.05, 4.69) is 215 Å². The summed E-state index contributed by atoms with van der Waals surface area (Å²) in [4.78, 5) is 27.1. The van der Waals surface area contributed by atoms with E-state index in [0.29, 0.717) is 119 Å². The van der Waals surface area contributed by atoms with Crippen LogP contribution in [0.25, 0.3) is 0 Å². The van der Waals surface area contributed by atoms with Gasteiger partial charge in [0, 0.05) is 42.5 Å². The van der Waals surface area contributed by atoms with Crippen molar-refractivity contribution in [2.24, 2.45) is 0 Å². The van der Waals surface area contributed by atoms with Crippen LogP contribution in [0.2, 0.25) is 66.5 Å². The van der Waals surface area contributed by atoms with Gasteiger partial charge in [-0.05, 0) is 129 Å². The Morgan fingerprint density at radius 3 is 0.809 bits per heavy atom. The van der Waals surface area contributed by atoms with E-state index in [0.717, 1.165) is 93.6 Å². The molecule has 0 atom stereocenters. The van der Waals surface area contributed by atoms with E-state index in [-0.39, 0.29) is 23.9 Å². The molecular formula is C79H148N2O9Si4. The Hall–Kier alpha value is -2.51. The molecule has 0 spiro atoms. The van der Waals surface area contributed by atoms with Crippen LogP contribution in [0.5, 0.6) is 23.0 Å². The Balaban J connectivity index is 1.38. The van der Waals surface area contributed by atoms with Crippen molar-refractivity contribution in [2.75, 3.05) is 39.6 Å². The summed E-state index contributed by atoms with van der Waals surface area (Å²) in [5, 5.41) is 6.84. The van der Waals surface area contributed by atoms with E-state index in [1.54, 1.807) is 0 Å². The van der Waals surface area contributed by atoms with E-state index < -0.39 is 33.3 Å². The maximum atomic E-state index is 13.6. The fraction of sp³-hybridized carbons (Fsp3) is 0.823. The number of benzene rings is 2. The maximum absolute atomic E-state index is 13.6. The number of ether oxygens (including phenoxy) is 3. The molecule has 2 aromatic carbocycles. The highest BCUT2D eigenvalue weighted by molar-refractivity contribution is 6.79. The number of fused-ring (bicyclic) bond motifs is 2. The van der Waals surface area contributed by atoms with Crippen LogP contribution in [0.4, 0.5) is 0 Å². The summed E-state index contributed by atoms with van der Waals surface area (Å²) < 4.78 is 47.7. The van der Waals surface area contributed by atoms with Gasteiger partial charge in [0.15, 0.2) is 33.3 Å². The number of hydrogen-bond acceptors (Lipinski definition) is 9. The van der Waals surface area contributed by atoms with Crippen molar-refractivity contribution in [3.05, 3.63) is 46.5 Å². The van der Waals surface area contributed by atoms with Gasteiger partial charge in [0.1, 0.15) is 23.0 Å². The average molecular weight is 1380 g/mol. The number of amides is 2. The number of carbonyl (C=O) groups is 2. The summed E-state index contributed by atoms with van der Waals surface area (Å²) in [6.07, 6.45) is 19.7. The highest BCUT2D eigenvalue weighted by atomic mass is 28.4. The Labute approximate surface area is 583 Å². The van der Waals surface area contributed by atoms with Gasteiger partial charge < -0.3 is 42.5 Å². The summed E-state index contributed by atoms with van der Waals surface area (Å²) in [6.45, 7) is 63.7. The second-order valence-electron chi connectivity index (χ2n) is 32.6. The molecule has 1 heterocycles. The zero-order chi connectivity index (χ0) is 70.7. The first kappa shape index (κ1) is 85.7. The first-order valence-electron chi connectivity index (χ1n) is 38.5. The molecule has 11 nitrogen and oxygen atoms in total. The predicted octanol–water partition coefficient (Wildman–Crippen LogP) is 23.5. The van der Waals surface area contributed by atoms with Crippen molar-refractivity contribution in [3.63, 3.8) is 0 Å². The smallest absolute Gasteiger partial charge is 0.220 e. The summed E-state index contributed by atoms with van der Waals surface area (Å²) in [5.41, 5.74) is 10.6. The molecule has 0 fully saturated rings. The lowest BCUT2D eigenvalue weighted by atomic mass is 9.93. The molecule has 0 aromatic heterocycles. The van der Waals surface area contributed by atoms with Crippen molar-refractivity contribution >= 4 is 45.1 Å². The van der Waals surface area contributed by atoms with Crippen LogP contribution in [-0.4, -0.2) is 96.8 Å². The number of nitrogens with one attached hydrogen (secondary N) is 2. The fourth-order valence-corrected chi connectivity index (χ4v) is 39.7. The van der Waals surface area contributed by atoms with Crippen LogP contribution < -0.4 is 24.8 Å². The second-order valence-corrected chi connectivity index (χ2v) is 54.4. The standard InChI is InChI=1S/C79H148N2O9Si4/c1-56(2)91(57(3)4,58(5)6)86-52-70(53-87-92(59(7)8,60(9)10)61(11)12)80-78(82)43-39-35-31-27-29-33-37-41-45-84-72-47-68(25)74-51-75-69(26)48-73(50-77(75)90-76(74)49-72)85-46-42-38-34-30-28-32-36-40-44-79(83)81-71(54-88-93(62(13)14,63(15)16)64(17)18)55-89-94(65(19)20,66(21)22)67(23)24/h47-50,56-67,70-71H,27-46,51-55H2,1-26H3,(H,80,82)(H,81,83). The lowest BCUT2D eigenvalue weighted by molar-refractivity contribution is -0.123. The second kappa shape index (κ2) is 41.9. The maximum Gasteiger partial charge on any atom is 0.220 e. The molecule has 94 heavy (non-hydrogen) atoms. The number of hydrogen-bond donors (Lipinski definition) is 2. The highest BCUT2D eigenvalue weighted by Crippen LogP contribution is 2.48. The van der Waals surface area contributed by atoms with Gasteiger partial charge in [0.25, 0.3) is 0 Å². The molecule has 2 amide bonds. The van der Waals surface area contributed by atoms with E-state index in [1.165, 1.54) is 60.8 Å². The molecule has 0 radical (unpaired) electrons. The van der Waals surface area contributed by atoms with Crippen LogP contribution >= 0.6 is 0 Å². The lowest BCUT2D eigenvalue weighted by Gasteiger charge is -2.44. The topological polar surface area (TPSA) is 123 Å². The molecule has 1 aliphatic heterocycles.